The molecule has 0 spiro atoms. The maximum Gasteiger partial charge on any atom is 0.330 e. The molecule has 0 aliphatic carbocycles. The molecule has 0 saturated heterocycles. The third kappa shape index (κ3) is 3.69. The lowest BCUT2D eigenvalue weighted by atomic mass is 10.2. The van der Waals surface area contributed by atoms with Gasteiger partial charge in [0.05, 0.1) is 0 Å². The van der Waals surface area contributed by atoms with Crippen molar-refractivity contribution in [3.63, 3.8) is 0 Å². The molecule has 0 radical (unpaired) electrons. The van der Waals surface area contributed by atoms with E-state index in [4.69, 9.17) is 4.52 Å². The van der Waals surface area contributed by atoms with Gasteiger partial charge < -0.3 is 15.0 Å². The maximum atomic E-state index is 11.9. The molecule has 26 heavy (non-hydrogen) atoms. The molecule has 1 amide bonds. The standard InChI is InChI=1S/C18H17N5O3/c1-19-15(24)12-23(17(21-25)14-10-6-3-7-11-14)18-20-16(22-26-18)13-8-4-2-5-9-13/h2-11,25H,12H2,1H3,(H,19,24)/b21-17+. The van der Waals surface area contributed by atoms with E-state index in [0.717, 1.165) is 5.56 Å². The summed E-state index contributed by atoms with van der Waals surface area (Å²) in [5.41, 5.74) is 1.36. The minimum Gasteiger partial charge on any atom is -0.409 e. The molecular formula is C18H17N5O3. The molecular weight excluding hydrogens is 334 g/mol. The molecule has 1 heterocycles. The second kappa shape index (κ2) is 7.93. The van der Waals surface area contributed by atoms with Gasteiger partial charge in [0.15, 0.2) is 5.84 Å². The molecule has 3 aromatic rings. The molecule has 1 aromatic heterocycles. The van der Waals surface area contributed by atoms with E-state index in [0.29, 0.717) is 11.4 Å². The van der Waals surface area contributed by atoms with Gasteiger partial charge in [-0.1, -0.05) is 71.0 Å². The Hall–Kier alpha value is -3.68. The van der Waals surface area contributed by atoms with Crippen molar-refractivity contribution in [1.29, 1.82) is 0 Å². The number of amides is 1. The first kappa shape index (κ1) is 17.2. The molecule has 0 unspecified atom stereocenters. The highest BCUT2D eigenvalue weighted by molar-refractivity contribution is 6.10. The first-order valence-electron chi connectivity index (χ1n) is 7.87. The van der Waals surface area contributed by atoms with Crippen LogP contribution in [0, 0.1) is 0 Å². The number of anilines is 1. The first-order valence-corrected chi connectivity index (χ1v) is 7.87. The van der Waals surface area contributed by atoms with Gasteiger partial charge in [0.1, 0.15) is 6.54 Å². The van der Waals surface area contributed by atoms with E-state index in [1.807, 2.05) is 36.4 Å². The van der Waals surface area contributed by atoms with E-state index in [2.05, 4.69) is 20.6 Å². The van der Waals surface area contributed by atoms with Crippen LogP contribution >= 0.6 is 0 Å². The van der Waals surface area contributed by atoms with Crippen molar-refractivity contribution in [3.05, 3.63) is 66.2 Å². The second-order valence-corrected chi connectivity index (χ2v) is 5.32. The van der Waals surface area contributed by atoms with Crippen LogP contribution < -0.4 is 10.2 Å². The number of nitrogens with one attached hydrogen (secondary N) is 1. The molecule has 132 valence electrons. The Kier molecular flexibility index (Phi) is 5.23. The lowest BCUT2D eigenvalue weighted by molar-refractivity contribution is -0.119. The molecule has 8 heteroatoms. The predicted octanol–water partition coefficient (Wildman–Crippen LogP) is 2.12. The van der Waals surface area contributed by atoms with Crippen molar-refractivity contribution in [2.45, 2.75) is 0 Å². The number of hydrogen-bond donors (Lipinski definition) is 2. The fraction of sp³-hybridized carbons (Fsp3) is 0.111. The van der Waals surface area contributed by atoms with Crippen molar-refractivity contribution in [1.82, 2.24) is 15.5 Å². The number of oxime groups is 1. The van der Waals surface area contributed by atoms with Crippen LogP contribution in [-0.2, 0) is 4.79 Å². The van der Waals surface area contributed by atoms with Crippen molar-refractivity contribution in [3.8, 4) is 11.4 Å². The van der Waals surface area contributed by atoms with Gasteiger partial charge >= 0.3 is 6.01 Å². The first-order chi connectivity index (χ1) is 12.7. The SMILES string of the molecule is CNC(=O)CN(/C(=N/O)c1ccccc1)c1nc(-c2ccccc2)no1. The third-order valence-corrected chi connectivity index (χ3v) is 3.64. The van der Waals surface area contributed by atoms with Crippen LogP contribution in [0.15, 0.2) is 70.3 Å². The zero-order valence-corrected chi connectivity index (χ0v) is 14.0. The molecule has 0 saturated carbocycles. The summed E-state index contributed by atoms with van der Waals surface area (Å²) < 4.78 is 5.32. The van der Waals surface area contributed by atoms with Gasteiger partial charge in [-0.3, -0.25) is 9.69 Å². The van der Waals surface area contributed by atoms with Crippen molar-refractivity contribution in [2.75, 3.05) is 18.5 Å². The van der Waals surface area contributed by atoms with Gasteiger partial charge in [0.25, 0.3) is 0 Å². The van der Waals surface area contributed by atoms with E-state index in [-0.39, 0.29) is 24.3 Å². The summed E-state index contributed by atoms with van der Waals surface area (Å²) in [6.07, 6.45) is 0. The molecule has 3 rings (SSSR count). The van der Waals surface area contributed by atoms with Gasteiger partial charge in [-0.05, 0) is 0 Å². The zero-order chi connectivity index (χ0) is 18.4. The number of hydrogen-bond acceptors (Lipinski definition) is 6. The average molecular weight is 351 g/mol. The van der Waals surface area contributed by atoms with Crippen LogP contribution in [0.1, 0.15) is 5.56 Å². The monoisotopic (exact) mass is 351 g/mol. The predicted molar refractivity (Wildman–Crippen MR) is 95.9 cm³/mol. The second-order valence-electron chi connectivity index (χ2n) is 5.32. The Morgan fingerprint density at radius 3 is 2.42 bits per heavy atom. The van der Waals surface area contributed by atoms with E-state index in [1.54, 1.807) is 24.3 Å². The van der Waals surface area contributed by atoms with Crippen LogP contribution in [0.25, 0.3) is 11.4 Å². The molecule has 0 bridgehead atoms. The highest BCUT2D eigenvalue weighted by Gasteiger charge is 2.24. The number of carbonyl (C=O) groups excluding carboxylic acids is 1. The van der Waals surface area contributed by atoms with Gasteiger partial charge in [0.2, 0.25) is 11.7 Å². The topological polar surface area (TPSA) is 104 Å². The minimum absolute atomic E-state index is 0.0455. The third-order valence-electron chi connectivity index (χ3n) is 3.64. The largest absolute Gasteiger partial charge is 0.409 e. The number of benzene rings is 2. The average Bonchev–Trinajstić information content (AvgIpc) is 3.19. The molecule has 2 aromatic carbocycles. The number of nitrogens with zero attached hydrogens (tertiary/aromatic N) is 4. The van der Waals surface area contributed by atoms with Crippen LogP contribution in [0.5, 0.6) is 0 Å². The number of likely N-dealkylation sites (N-methyl/N-ethyl adjacent to an activating group) is 1. The van der Waals surface area contributed by atoms with E-state index >= 15 is 0 Å². The summed E-state index contributed by atoms with van der Waals surface area (Å²) in [7, 11) is 1.52. The highest BCUT2D eigenvalue weighted by Crippen LogP contribution is 2.21. The van der Waals surface area contributed by atoms with Crippen molar-refractivity contribution < 1.29 is 14.5 Å². The Labute approximate surface area is 149 Å². The lowest BCUT2D eigenvalue weighted by Gasteiger charge is -2.19. The van der Waals surface area contributed by atoms with E-state index in [1.165, 1.54) is 11.9 Å². The summed E-state index contributed by atoms with van der Waals surface area (Å²) in [6, 6.07) is 18.3. The minimum atomic E-state index is -0.304. The maximum absolute atomic E-state index is 11.9. The molecule has 0 fully saturated rings. The number of amidine groups is 1. The zero-order valence-electron chi connectivity index (χ0n) is 14.0. The van der Waals surface area contributed by atoms with Crippen molar-refractivity contribution >= 4 is 17.8 Å². The Balaban J connectivity index is 1.99. The van der Waals surface area contributed by atoms with Gasteiger partial charge in [-0.2, -0.15) is 4.98 Å². The molecule has 0 aliphatic rings. The Morgan fingerprint density at radius 1 is 1.15 bits per heavy atom. The fourth-order valence-corrected chi connectivity index (χ4v) is 2.34. The van der Waals surface area contributed by atoms with Gasteiger partial charge in [-0.25, -0.2) is 0 Å². The van der Waals surface area contributed by atoms with E-state index in [9.17, 15) is 10.0 Å². The van der Waals surface area contributed by atoms with Crippen LogP contribution in [-0.4, -0.2) is 40.7 Å². The molecule has 2 N–H and O–H groups in total. The van der Waals surface area contributed by atoms with Crippen LogP contribution in [0.4, 0.5) is 6.01 Å². The number of rotatable bonds is 5. The highest BCUT2D eigenvalue weighted by atomic mass is 16.5. The normalized spacial score (nSPS) is 11.2. The smallest absolute Gasteiger partial charge is 0.330 e. The quantitative estimate of drug-likeness (QED) is 0.316. The number of aromatic nitrogens is 2. The summed E-state index contributed by atoms with van der Waals surface area (Å²) in [6.45, 7) is -0.152. The summed E-state index contributed by atoms with van der Waals surface area (Å²) in [5, 5.41) is 19.4. The summed E-state index contributed by atoms with van der Waals surface area (Å²) in [4.78, 5) is 17.6. The van der Waals surface area contributed by atoms with Gasteiger partial charge in [-0.15, -0.1) is 0 Å². The summed E-state index contributed by atoms with van der Waals surface area (Å²) >= 11 is 0. The Morgan fingerprint density at radius 2 is 1.81 bits per heavy atom. The van der Waals surface area contributed by atoms with E-state index < -0.39 is 0 Å². The van der Waals surface area contributed by atoms with Gasteiger partial charge in [0, 0.05) is 18.2 Å². The summed E-state index contributed by atoms with van der Waals surface area (Å²) in [5.74, 6) is 0.187. The lowest BCUT2D eigenvalue weighted by Crippen LogP contribution is -2.40. The molecule has 0 aliphatic heterocycles. The van der Waals surface area contributed by atoms with Crippen molar-refractivity contribution in [2.24, 2.45) is 5.16 Å². The van der Waals surface area contributed by atoms with Crippen LogP contribution in [0.3, 0.4) is 0 Å². The fourth-order valence-electron chi connectivity index (χ4n) is 2.34. The Bertz CT molecular complexity index is 893. The molecule has 8 nitrogen and oxygen atoms in total. The number of carbonyl (C=O) groups is 1. The van der Waals surface area contributed by atoms with Crippen LogP contribution in [0.2, 0.25) is 0 Å². The molecule has 0 atom stereocenters.